The van der Waals surface area contributed by atoms with E-state index in [4.69, 9.17) is 4.74 Å². The molecule has 0 radical (unpaired) electrons. The van der Waals surface area contributed by atoms with Gasteiger partial charge in [-0.2, -0.15) is 0 Å². The van der Waals surface area contributed by atoms with Crippen LogP contribution < -0.4 is 4.74 Å². The van der Waals surface area contributed by atoms with Gasteiger partial charge in [-0.15, -0.1) is 0 Å². The largest absolute Gasteiger partial charge is 0.497 e. The van der Waals surface area contributed by atoms with Gasteiger partial charge in [-0.1, -0.05) is 115 Å². The highest BCUT2D eigenvalue weighted by Crippen LogP contribution is 2.29. The van der Waals surface area contributed by atoms with Gasteiger partial charge in [-0.05, 0) is 52.5 Å². The highest BCUT2D eigenvalue weighted by molar-refractivity contribution is 5.86. The minimum atomic E-state index is 0.858. The highest BCUT2D eigenvalue weighted by atomic mass is 16.5. The summed E-state index contributed by atoms with van der Waals surface area (Å²) in [5.74, 6) is 0.858. The molecule has 0 amide bonds. The van der Waals surface area contributed by atoms with E-state index in [-0.39, 0.29) is 0 Å². The zero-order chi connectivity index (χ0) is 21.5. The van der Waals surface area contributed by atoms with E-state index in [9.17, 15) is 0 Å². The number of hydrogen-bond donors (Lipinski definition) is 0. The average Bonchev–Trinajstić information content (AvgIpc) is 2.84. The highest BCUT2D eigenvalue weighted by Gasteiger charge is 2.07. The Morgan fingerprint density at radius 1 is 0.516 bits per heavy atom. The maximum Gasteiger partial charge on any atom is 0.118 e. The molecule has 0 saturated heterocycles. The van der Waals surface area contributed by atoms with Gasteiger partial charge >= 0.3 is 0 Å². The van der Waals surface area contributed by atoms with Gasteiger partial charge in [0.2, 0.25) is 0 Å². The molecule has 0 aliphatic heterocycles. The molecule has 31 heavy (non-hydrogen) atoms. The fourth-order valence-electron chi connectivity index (χ4n) is 3.62. The molecule has 4 rings (SSSR count). The number of rotatable bonds is 6. The second-order valence-electron chi connectivity index (χ2n) is 7.49. The number of ether oxygens (including phenoxy) is 1. The zero-order valence-corrected chi connectivity index (χ0v) is 18.0. The smallest absolute Gasteiger partial charge is 0.118 e. The molecule has 0 aliphatic carbocycles. The minimum Gasteiger partial charge on any atom is -0.497 e. The Morgan fingerprint density at radius 3 is 1.32 bits per heavy atom. The van der Waals surface area contributed by atoms with Gasteiger partial charge in [0.25, 0.3) is 0 Å². The van der Waals surface area contributed by atoms with Gasteiger partial charge in [0, 0.05) is 0 Å². The summed E-state index contributed by atoms with van der Waals surface area (Å²) in [6, 6.07) is 38.0. The van der Waals surface area contributed by atoms with Crippen molar-refractivity contribution in [1.29, 1.82) is 0 Å². The molecule has 0 atom stereocenters. The molecule has 4 aromatic carbocycles. The first kappa shape index (κ1) is 20.4. The Morgan fingerprint density at radius 2 is 0.903 bits per heavy atom. The second-order valence-corrected chi connectivity index (χ2v) is 7.49. The molecule has 0 aliphatic rings. The van der Waals surface area contributed by atoms with Crippen LogP contribution in [0.5, 0.6) is 5.75 Å². The summed E-state index contributed by atoms with van der Waals surface area (Å²) in [7, 11) is 1.69. The van der Waals surface area contributed by atoms with Crippen molar-refractivity contribution in [2.45, 2.75) is 6.92 Å². The summed E-state index contributed by atoms with van der Waals surface area (Å²) in [5, 5.41) is 0. The van der Waals surface area contributed by atoms with Crippen LogP contribution in [0, 0.1) is 6.92 Å². The maximum atomic E-state index is 5.35. The van der Waals surface area contributed by atoms with Gasteiger partial charge in [0.05, 0.1) is 7.11 Å². The van der Waals surface area contributed by atoms with E-state index in [0.29, 0.717) is 0 Å². The first-order valence-electron chi connectivity index (χ1n) is 10.5. The van der Waals surface area contributed by atoms with E-state index in [2.05, 4.69) is 116 Å². The number of hydrogen-bond acceptors (Lipinski definition) is 1. The Labute approximate surface area is 185 Å². The van der Waals surface area contributed by atoms with E-state index in [1.54, 1.807) is 7.11 Å². The quantitative estimate of drug-likeness (QED) is 0.302. The van der Waals surface area contributed by atoms with Gasteiger partial charge in [0.1, 0.15) is 5.75 Å². The molecule has 0 N–H and O–H groups in total. The zero-order valence-electron chi connectivity index (χ0n) is 18.0. The van der Waals surface area contributed by atoms with Crippen LogP contribution in [-0.2, 0) is 0 Å². The van der Waals surface area contributed by atoms with Crippen LogP contribution in [0.3, 0.4) is 0 Å². The molecule has 1 heteroatoms. The number of benzene rings is 4. The summed E-state index contributed by atoms with van der Waals surface area (Å²) in [6.45, 7) is 2.11. The van der Waals surface area contributed by atoms with Crippen LogP contribution in [0.15, 0.2) is 121 Å². The standard InChI is InChI=1S/C30H26O/c1-23-13-15-26(16-14-23)30(27-17-19-28(31-2)20-18-27)22-21-29(24-9-5-3-6-10-24)25-11-7-4-8-12-25/h3-22H,1-2H3. The topological polar surface area (TPSA) is 9.23 Å². The van der Waals surface area contributed by atoms with Crippen LogP contribution in [0.1, 0.15) is 27.8 Å². The van der Waals surface area contributed by atoms with Crippen molar-refractivity contribution in [2.75, 3.05) is 7.11 Å². The first-order valence-corrected chi connectivity index (χ1v) is 10.5. The summed E-state index contributed by atoms with van der Waals surface area (Å²) in [4.78, 5) is 0. The van der Waals surface area contributed by atoms with E-state index in [1.807, 2.05) is 12.1 Å². The van der Waals surface area contributed by atoms with Crippen LogP contribution in [0.25, 0.3) is 11.1 Å². The van der Waals surface area contributed by atoms with Gasteiger partial charge in [-0.25, -0.2) is 0 Å². The molecule has 0 heterocycles. The fourth-order valence-corrected chi connectivity index (χ4v) is 3.62. The minimum absolute atomic E-state index is 0.858. The third kappa shape index (κ3) is 5.02. The van der Waals surface area contributed by atoms with Crippen molar-refractivity contribution in [2.24, 2.45) is 0 Å². The third-order valence-electron chi connectivity index (χ3n) is 5.35. The molecule has 0 saturated carbocycles. The van der Waals surface area contributed by atoms with Crippen LogP contribution in [-0.4, -0.2) is 7.11 Å². The number of methoxy groups -OCH3 is 1. The van der Waals surface area contributed by atoms with Crippen molar-refractivity contribution in [3.05, 3.63) is 149 Å². The SMILES string of the molecule is COc1ccc(C(=CC=C(c2ccccc2)c2ccccc2)c2ccc(C)cc2)cc1. The lowest BCUT2D eigenvalue weighted by Crippen LogP contribution is -1.91. The molecule has 0 spiro atoms. The lowest BCUT2D eigenvalue weighted by Gasteiger charge is -2.11. The molecule has 4 aromatic rings. The number of aryl methyl sites for hydroxylation is 1. The van der Waals surface area contributed by atoms with Gasteiger partial charge < -0.3 is 4.74 Å². The van der Waals surface area contributed by atoms with Crippen LogP contribution >= 0.6 is 0 Å². The normalized spacial score (nSPS) is 11.1. The van der Waals surface area contributed by atoms with Gasteiger partial charge in [-0.3, -0.25) is 0 Å². The molecular formula is C30H26O. The second kappa shape index (κ2) is 9.77. The molecule has 0 unspecified atom stereocenters. The molecule has 0 fully saturated rings. The molecule has 0 aromatic heterocycles. The fraction of sp³-hybridized carbons (Fsp3) is 0.0667. The summed E-state index contributed by atoms with van der Waals surface area (Å²) >= 11 is 0. The lowest BCUT2D eigenvalue weighted by atomic mass is 9.93. The summed E-state index contributed by atoms with van der Waals surface area (Å²) < 4.78 is 5.35. The van der Waals surface area contributed by atoms with Crippen LogP contribution in [0.2, 0.25) is 0 Å². The monoisotopic (exact) mass is 402 g/mol. The van der Waals surface area contributed by atoms with E-state index in [1.165, 1.54) is 33.4 Å². The predicted octanol–water partition coefficient (Wildman–Crippen LogP) is 7.57. The van der Waals surface area contributed by atoms with E-state index in [0.717, 1.165) is 11.3 Å². The van der Waals surface area contributed by atoms with Crippen molar-refractivity contribution in [1.82, 2.24) is 0 Å². The van der Waals surface area contributed by atoms with E-state index >= 15 is 0 Å². The molecule has 1 nitrogen and oxygen atoms in total. The van der Waals surface area contributed by atoms with E-state index < -0.39 is 0 Å². The summed E-state index contributed by atoms with van der Waals surface area (Å²) in [6.07, 6.45) is 4.45. The summed E-state index contributed by atoms with van der Waals surface area (Å²) in [5.41, 5.74) is 8.36. The van der Waals surface area contributed by atoms with Crippen LogP contribution in [0.4, 0.5) is 0 Å². The number of allylic oxidation sites excluding steroid dienone is 2. The predicted molar refractivity (Wildman–Crippen MR) is 131 cm³/mol. The Bertz CT molecular complexity index is 1130. The van der Waals surface area contributed by atoms with Crippen molar-refractivity contribution in [3.8, 4) is 5.75 Å². The van der Waals surface area contributed by atoms with Crippen molar-refractivity contribution >= 4 is 11.1 Å². The average molecular weight is 403 g/mol. The van der Waals surface area contributed by atoms with Crippen molar-refractivity contribution < 1.29 is 4.74 Å². The third-order valence-corrected chi connectivity index (χ3v) is 5.35. The molecule has 0 bridgehead atoms. The Balaban J connectivity index is 1.86. The maximum absolute atomic E-state index is 5.35. The molecular weight excluding hydrogens is 376 g/mol. The molecule has 152 valence electrons. The lowest BCUT2D eigenvalue weighted by molar-refractivity contribution is 0.415. The Kier molecular flexibility index (Phi) is 6.44. The van der Waals surface area contributed by atoms with Gasteiger partial charge in [0.15, 0.2) is 0 Å². The first-order chi connectivity index (χ1) is 15.2. The Hall–Kier alpha value is -3.84. The van der Waals surface area contributed by atoms with Crippen molar-refractivity contribution in [3.63, 3.8) is 0 Å².